The molecule has 100 valence electrons. The smallest absolute Gasteiger partial charge is 0.264 e. The third kappa shape index (κ3) is 3.32. The molecule has 0 saturated carbocycles. The van der Waals surface area contributed by atoms with E-state index in [4.69, 9.17) is 0 Å². The summed E-state index contributed by atoms with van der Waals surface area (Å²) < 4.78 is 26.2. The van der Waals surface area contributed by atoms with Crippen LogP contribution in [0.1, 0.15) is 31.4 Å². The highest BCUT2D eigenvalue weighted by atomic mass is 32.2. The maximum atomic E-state index is 12.1. The van der Waals surface area contributed by atoms with E-state index in [1.54, 1.807) is 26.0 Å². The van der Waals surface area contributed by atoms with Gasteiger partial charge in [-0.05, 0) is 31.9 Å². The average molecular weight is 269 g/mol. The number of aryl methyl sites for hydroxylation is 2. The summed E-state index contributed by atoms with van der Waals surface area (Å²) in [6.07, 6.45) is 0.605. The van der Waals surface area contributed by atoms with Gasteiger partial charge in [-0.3, -0.25) is 4.79 Å². The zero-order valence-electron chi connectivity index (χ0n) is 11.1. The highest BCUT2D eigenvalue weighted by molar-refractivity contribution is 7.90. The number of hydrogen-bond acceptors (Lipinski definition) is 3. The Bertz CT molecular complexity index is 549. The molecule has 4 nitrogen and oxygen atoms in total. The van der Waals surface area contributed by atoms with Crippen molar-refractivity contribution in [3.63, 3.8) is 0 Å². The van der Waals surface area contributed by atoms with Crippen LogP contribution in [0.3, 0.4) is 0 Å². The lowest BCUT2D eigenvalue weighted by Crippen LogP contribution is -2.34. The molecular formula is C13H19NO3S. The van der Waals surface area contributed by atoms with E-state index in [1.807, 2.05) is 13.8 Å². The highest BCUT2D eigenvalue weighted by Crippen LogP contribution is 2.16. The summed E-state index contributed by atoms with van der Waals surface area (Å²) in [5.74, 6) is -0.775. The summed E-state index contributed by atoms with van der Waals surface area (Å²) in [5, 5.41) is 0. The van der Waals surface area contributed by atoms with Crippen LogP contribution in [0.4, 0.5) is 0 Å². The number of hydrogen-bond donors (Lipinski definition) is 1. The number of rotatable bonds is 4. The number of amides is 1. The first-order valence-corrected chi connectivity index (χ1v) is 7.40. The monoisotopic (exact) mass is 269 g/mol. The van der Waals surface area contributed by atoms with Crippen molar-refractivity contribution in [2.45, 2.75) is 39.0 Å². The molecule has 0 heterocycles. The van der Waals surface area contributed by atoms with E-state index in [0.717, 1.165) is 5.56 Å². The van der Waals surface area contributed by atoms with E-state index in [1.165, 1.54) is 6.07 Å². The molecular weight excluding hydrogens is 250 g/mol. The van der Waals surface area contributed by atoms with Crippen LogP contribution in [0, 0.1) is 19.8 Å². The molecule has 0 aliphatic rings. The Labute approximate surface area is 108 Å². The topological polar surface area (TPSA) is 63.2 Å². The molecule has 1 rings (SSSR count). The van der Waals surface area contributed by atoms with E-state index in [0.29, 0.717) is 12.0 Å². The lowest BCUT2D eigenvalue weighted by molar-refractivity contribution is -0.122. The van der Waals surface area contributed by atoms with E-state index in [2.05, 4.69) is 4.72 Å². The minimum Gasteiger partial charge on any atom is -0.274 e. The first-order chi connectivity index (χ1) is 8.27. The largest absolute Gasteiger partial charge is 0.274 e. The van der Waals surface area contributed by atoms with Crippen LogP contribution in [0.25, 0.3) is 0 Å². The summed E-state index contributed by atoms with van der Waals surface area (Å²) in [5.41, 5.74) is 1.62. The van der Waals surface area contributed by atoms with Crippen LogP contribution in [0.15, 0.2) is 23.1 Å². The first-order valence-electron chi connectivity index (χ1n) is 5.92. The Morgan fingerprint density at radius 2 is 1.94 bits per heavy atom. The maximum Gasteiger partial charge on any atom is 0.264 e. The van der Waals surface area contributed by atoms with Crippen LogP contribution in [0.2, 0.25) is 0 Å². The molecule has 0 aromatic heterocycles. The van der Waals surface area contributed by atoms with E-state index >= 15 is 0 Å². The lowest BCUT2D eigenvalue weighted by Gasteiger charge is -2.12. The molecule has 0 radical (unpaired) electrons. The molecule has 0 fully saturated rings. The van der Waals surface area contributed by atoms with Crippen LogP contribution >= 0.6 is 0 Å². The molecule has 1 aromatic rings. The zero-order chi connectivity index (χ0) is 13.9. The highest BCUT2D eigenvalue weighted by Gasteiger charge is 2.22. The van der Waals surface area contributed by atoms with Gasteiger partial charge in [-0.25, -0.2) is 13.1 Å². The van der Waals surface area contributed by atoms with Crippen molar-refractivity contribution >= 4 is 15.9 Å². The van der Waals surface area contributed by atoms with Gasteiger partial charge in [0.05, 0.1) is 4.90 Å². The summed E-state index contributed by atoms with van der Waals surface area (Å²) >= 11 is 0. The second-order valence-corrected chi connectivity index (χ2v) is 6.20. The number of carbonyl (C=O) groups excluding carboxylic acids is 1. The molecule has 0 aliphatic carbocycles. The summed E-state index contributed by atoms with van der Waals surface area (Å²) in [6.45, 7) is 7.15. The quantitative estimate of drug-likeness (QED) is 0.911. The minimum absolute atomic E-state index is 0.157. The summed E-state index contributed by atoms with van der Waals surface area (Å²) in [6, 6.07) is 5.02. The van der Waals surface area contributed by atoms with Gasteiger partial charge in [0.1, 0.15) is 0 Å². The number of benzene rings is 1. The van der Waals surface area contributed by atoms with Crippen LogP contribution < -0.4 is 4.72 Å². The van der Waals surface area contributed by atoms with Gasteiger partial charge in [-0.2, -0.15) is 0 Å². The predicted molar refractivity (Wildman–Crippen MR) is 70.7 cm³/mol. The molecule has 0 unspecified atom stereocenters. The lowest BCUT2D eigenvalue weighted by atomic mass is 10.1. The predicted octanol–water partition coefficient (Wildman–Crippen LogP) is 2.15. The number of carbonyl (C=O) groups is 1. The van der Waals surface area contributed by atoms with Crippen LogP contribution in [0.5, 0.6) is 0 Å². The molecule has 5 heteroatoms. The summed E-state index contributed by atoms with van der Waals surface area (Å²) in [4.78, 5) is 11.8. The fourth-order valence-corrected chi connectivity index (χ4v) is 2.88. The van der Waals surface area contributed by atoms with Gasteiger partial charge in [0, 0.05) is 5.92 Å². The van der Waals surface area contributed by atoms with E-state index in [9.17, 15) is 13.2 Å². The number of sulfonamides is 1. The van der Waals surface area contributed by atoms with Gasteiger partial charge in [0.25, 0.3) is 10.0 Å². The molecule has 1 atom stereocenters. The Hall–Kier alpha value is -1.36. The van der Waals surface area contributed by atoms with Crippen molar-refractivity contribution < 1.29 is 13.2 Å². The Kier molecular flexibility index (Phi) is 4.51. The van der Waals surface area contributed by atoms with Gasteiger partial charge in [-0.1, -0.05) is 31.5 Å². The van der Waals surface area contributed by atoms with Gasteiger partial charge >= 0.3 is 0 Å². The van der Waals surface area contributed by atoms with Crippen molar-refractivity contribution in [3.05, 3.63) is 29.3 Å². The fraction of sp³-hybridized carbons (Fsp3) is 0.462. The minimum atomic E-state index is -3.76. The van der Waals surface area contributed by atoms with Gasteiger partial charge in [-0.15, -0.1) is 0 Å². The van der Waals surface area contributed by atoms with E-state index < -0.39 is 15.9 Å². The van der Waals surface area contributed by atoms with Crippen LogP contribution in [-0.2, 0) is 14.8 Å². The second-order valence-electron chi connectivity index (χ2n) is 4.55. The third-order valence-electron chi connectivity index (χ3n) is 2.91. The van der Waals surface area contributed by atoms with Crippen molar-refractivity contribution in [3.8, 4) is 0 Å². The Morgan fingerprint density at radius 3 is 2.44 bits per heavy atom. The first kappa shape index (κ1) is 14.7. The Morgan fingerprint density at radius 1 is 1.33 bits per heavy atom. The van der Waals surface area contributed by atoms with E-state index in [-0.39, 0.29) is 10.8 Å². The number of nitrogens with one attached hydrogen (secondary N) is 1. The average Bonchev–Trinajstić information content (AvgIpc) is 2.26. The fourth-order valence-electron chi connectivity index (χ4n) is 1.57. The molecule has 1 aromatic carbocycles. The molecule has 1 amide bonds. The van der Waals surface area contributed by atoms with Gasteiger partial charge in [0.15, 0.2) is 0 Å². The normalized spacial score (nSPS) is 13.1. The van der Waals surface area contributed by atoms with Crippen molar-refractivity contribution in [1.82, 2.24) is 4.72 Å². The Balaban J connectivity index is 3.04. The van der Waals surface area contributed by atoms with Crippen LogP contribution in [-0.4, -0.2) is 14.3 Å². The molecule has 0 spiro atoms. The maximum absolute atomic E-state index is 12.1. The standard InChI is InChI=1S/C13H19NO3S/c1-5-10(3)13(15)14-18(16,17)12-7-6-9(2)8-11(12)4/h6-8,10H,5H2,1-4H3,(H,14,15)/t10-/m1/s1. The molecule has 0 bridgehead atoms. The second kappa shape index (κ2) is 5.52. The van der Waals surface area contributed by atoms with Gasteiger partial charge in [0.2, 0.25) is 5.91 Å². The van der Waals surface area contributed by atoms with Gasteiger partial charge < -0.3 is 0 Å². The SMILES string of the molecule is CC[C@@H](C)C(=O)NS(=O)(=O)c1ccc(C)cc1C. The molecule has 0 aliphatic heterocycles. The summed E-state index contributed by atoms with van der Waals surface area (Å²) in [7, 11) is -3.76. The van der Waals surface area contributed by atoms with Crippen molar-refractivity contribution in [1.29, 1.82) is 0 Å². The third-order valence-corrected chi connectivity index (χ3v) is 4.42. The molecule has 18 heavy (non-hydrogen) atoms. The van der Waals surface area contributed by atoms with Crippen molar-refractivity contribution in [2.75, 3.05) is 0 Å². The molecule has 0 saturated heterocycles. The zero-order valence-corrected chi connectivity index (χ0v) is 12.0. The molecule has 1 N–H and O–H groups in total. The van der Waals surface area contributed by atoms with Crippen molar-refractivity contribution in [2.24, 2.45) is 5.92 Å².